The molecule has 5 aromatic carbocycles. The molecule has 26 heteroatoms. The SMILES string of the molecule is Fc1c(F)c(F)c([B-](c2c(F)c(F)c(F)c(F)c2F)(c2c(F)c(F)c(F)c(F)c2F)c2c(F)c(F)c(F)c(F)c2F)c(F)c1F.O=C(C[n+]1cc(S)[nH]c(=S)c1)c1ccccc1. The minimum atomic E-state index is -7.22. The molecule has 0 saturated heterocycles. The molecule has 0 atom stereocenters. The number of rotatable bonds is 7. The van der Waals surface area contributed by atoms with Crippen LogP contribution >= 0.6 is 24.8 Å². The van der Waals surface area contributed by atoms with Crippen molar-refractivity contribution in [3.8, 4) is 0 Å². The average Bonchev–Trinajstić information content (AvgIpc) is 3.23. The summed E-state index contributed by atoms with van der Waals surface area (Å²) >= 11 is 9.20. The van der Waals surface area contributed by atoms with Crippen LogP contribution in [-0.2, 0) is 6.54 Å². The highest BCUT2D eigenvalue weighted by atomic mass is 32.1. The molecule has 62 heavy (non-hydrogen) atoms. The summed E-state index contributed by atoms with van der Waals surface area (Å²) in [6.45, 7) is 0.260. The van der Waals surface area contributed by atoms with Gasteiger partial charge in [0.15, 0.2) is 80.6 Å². The number of carbonyl (C=O) groups excluding carboxylic acids is 1. The highest BCUT2D eigenvalue weighted by Gasteiger charge is 2.52. The molecule has 0 amide bonds. The summed E-state index contributed by atoms with van der Waals surface area (Å²) in [5.74, 6) is -71.4. The van der Waals surface area contributed by atoms with E-state index in [1.54, 1.807) is 29.1 Å². The van der Waals surface area contributed by atoms with Gasteiger partial charge in [-0.25, -0.2) is 87.8 Å². The molecule has 0 fully saturated rings. The number of benzene rings is 5. The molecule has 0 aliphatic rings. The van der Waals surface area contributed by atoms with Gasteiger partial charge in [0.1, 0.15) is 57.7 Å². The molecule has 1 N–H and O–H groups in total. The Hall–Kier alpha value is -5.92. The van der Waals surface area contributed by atoms with Gasteiger partial charge in [-0.1, -0.05) is 42.5 Å². The number of nitrogens with one attached hydrogen (secondary N) is 1. The Morgan fingerprint density at radius 3 is 0.968 bits per heavy atom. The second-order valence-electron chi connectivity index (χ2n) is 12.4. The van der Waals surface area contributed by atoms with Crippen LogP contribution in [0.25, 0.3) is 0 Å². The molecule has 0 aliphatic carbocycles. The largest absolute Gasteiger partial charge is 0.332 e. The normalized spacial score (nSPS) is 11.5. The lowest BCUT2D eigenvalue weighted by atomic mass is 9.12. The van der Waals surface area contributed by atoms with Gasteiger partial charge in [-0.3, -0.25) is 4.79 Å². The van der Waals surface area contributed by atoms with Crippen LogP contribution in [0.15, 0.2) is 47.8 Å². The van der Waals surface area contributed by atoms with Gasteiger partial charge in [-0.05, 0) is 0 Å². The van der Waals surface area contributed by atoms with Gasteiger partial charge in [-0.15, -0.1) is 34.5 Å². The fourth-order valence-corrected chi connectivity index (χ4v) is 6.97. The third-order valence-electron chi connectivity index (χ3n) is 8.95. The number of hydrogen-bond donors (Lipinski definition) is 2. The van der Waals surface area contributed by atoms with Gasteiger partial charge in [-0.2, -0.15) is 4.57 Å². The molecule has 326 valence electrons. The second-order valence-corrected chi connectivity index (χ2v) is 13.3. The predicted octanol–water partition coefficient (Wildman–Crippen LogP) is 8.05. The van der Waals surface area contributed by atoms with Gasteiger partial charge >= 0.3 is 0 Å². The van der Waals surface area contributed by atoms with E-state index in [9.17, 15) is 57.5 Å². The van der Waals surface area contributed by atoms with Crippen LogP contribution in [0, 0.1) is 121 Å². The van der Waals surface area contributed by atoms with E-state index in [0.717, 1.165) is 0 Å². The minimum Gasteiger partial charge on any atom is -0.332 e. The summed E-state index contributed by atoms with van der Waals surface area (Å²) in [7, 11) is 0. The molecule has 0 unspecified atom stereocenters. The number of ketones is 1. The smallest absolute Gasteiger partial charge is 0.227 e. The van der Waals surface area contributed by atoms with Crippen molar-refractivity contribution in [3.05, 3.63) is 169 Å². The Kier molecular flexibility index (Phi) is 13.3. The molecule has 1 heterocycles. The number of Topliss-reactive ketones (excluding diaryl/α,β-unsaturated/α-hetero) is 1. The van der Waals surface area contributed by atoms with E-state index in [4.69, 9.17) is 12.2 Å². The zero-order valence-corrected chi connectivity index (χ0v) is 30.8. The van der Waals surface area contributed by atoms with Gasteiger partial charge in [0.25, 0.3) is 0 Å². The van der Waals surface area contributed by atoms with Gasteiger partial charge < -0.3 is 4.98 Å². The number of hydrogen-bond acceptors (Lipinski definition) is 3. The van der Waals surface area contributed by atoms with Crippen LogP contribution in [0.5, 0.6) is 0 Å². The molecular formula is C36H11BF20N2OS2. The van der Waals surface area contributed by atoms with Crippen molar-refractivity contribution in [2.45, 2.75) is 11.6 Å². The van der Waals surface area contributed by atoms with Crippen molar-refractivity contribution in [3.63, 3.8) is 0 Å². The lowest BCUT2D eigenvalue weighted by Crippen LogP contribution is -2.81. The van der Waals surface area contributed by atoms with E-state index in [0.29, 0.717) is 15.2 Å². The summed E-state index contributed by atoms with van der Waals surface area (Å²) in [4.78, 5) is 14.8. The maximum Gasteiger partial charge on any atom is 0.227 e. The molecule has 0 spiro atoms. The molecule has 1 aromatic heterocycles. The van der Waals surface area contributed by atoms with E-state index < -0.39 is 144 Å². The topological polar surface area (TPSA) is 36.7 Å². The summed E-state index contributed by atoms with van der Waals surface area (Å²) in [5.41, 5.74) is -13.6. The minimum absolute atomic E-state index is 0.0453. The molecule has 0 radical (unpaired) electrons. The number of thiol groups is 1. The van der Waals surface area contributed by atoms with Crippen molar-refractivity contribution in [2.75, 3.05) is 0 Å². The molecule has 0 aliphatic heterocycles. The Labute approximate surface area is 341 Å². The highest BCUT2D eigenvalue weighted by molar-refractivity contribution is 7.80. The predicted molar refractivity (Wildman–Crippen MR) is 179 cm³/mol. The molecule has 0 bridgehead atoms. The molecule has 6 aromatic rings. The Morgan fingerprint density at radius 2 is 0.710 bits per heavy atom. The number of aromatic amines is 1. The van der Waals surface area contributed by atoms with Gasteiger partial charge in [0.2, 0.25) is 18.5 Å². The van der Waals surface area contributed by atoms with Gasteiger partial charge in [0.05, 0.1) is 0 Å². The van der Waals surface area contributed by atoms with Crippen molar-refractivity contribution in [1.29, 1.82) is 0 Å². The fraction of sp³-hybridized carbons (Fsp3) is 0.0278. The molecule has 0 saturated carbocycles. The number of halogens is 20. The van der Waals surface area contributed by atoms with Crippen LogP contribution in [0.3, 0.4) is 0 Å². The average molecular weight is 942 g/mol. The van der Waals surface area contributed by atoms with E-state index in [1.165, 1.54) is 0 Å². The Balaban J connectivity index is 0.000000355. The number of aromatic nitrogens is 2. The van der Waals surface area contributed by atoms with E-state index >= 15 is 35.1 Å². The first-order valence-electron chi connectivity index (χ1n) is 16.0. The third-order valence-corrected chi connectivity index (χ3v) is 9.39. The number of carbonyl (C=O) groups is 1. The second kappa shape index (κ2) is 17.5. The van der Waals surface area contributed by atoms with Crippen LogP contribution in [0.1, 0.15) is 10.4 Å². The van der Waals surface area contributed by atoms with Crippen molar-refractivity contribution in [2.24, 2.45) is 0 Å². The third kappa shape index (κ3) is 7.55. The standard InChI is InChI=1S/C24BF20.C12H10N2OS2/c26-5-1(6(27)14(35)21(42)13(5)34)25(2-7(28)15(36)22(43)16(37)8(2)29,3-9(30)17(38)23(44)18(39)10(3)31)4-11(32)19(40)24(45)20(41)12(4)33;15-10(9-4-2-1-3-5-9)6-14-7-11(16)13-12(17)8-14/h;1-5,7-8H,6H2,(H-,13,16,17)/q-1;/p+1. The molecule has 3 nitrogen and oxygen atoms in total. The van der Waals surface area contributed by atoms with Crippen molar-refractivity contribution in [1.82, 2.24) is 4.98 Å². The molecular weight excluding hydrogens is 931 g/mol. The highest BCUT2D eigenvalue weighted by Crippen LogP contribution is 2.30. The van der Waals surface area contributed by atoms with E-state index in [2.05, 4.69) is 17.6 Å². The maximum absolute atomic E-state index is 15.4. The fourth-order valence-electron chi connectivity index (χ4n) is 6.38. The van der Waals surface area contributed by atoms with Crippen molar-refractivity contribution < 1.29 is 97.2 Å². The summed E-state index contributed by atoms with van der Waals surface area (Å²) in [6.07, 6.45) is -3.78. The summed E-state index contributed by atoms with van der Waals surface area (Å²) in [6, 6.07) is 9.18. The first-order valence-corrected chi connectivity index (χ1v) is 16.8. The first-order chi connectivity index (χ1) is 28.8. The number of H-pyrrole nitrogens is 1. The monoisotopic (exact) mass is 942 g/mol. The maximum atomic E-state index is 15.4. The zero-order chi connectivity index (χ0) is 46.6. The van der Waals surface area contributed by atoms with Crippen LogP contribution in [-0.4, -0.2) is 16.9 Å². The Bertz CT molecular complexity index is 2520. The first kappa shape index (κ1) is 47.1. The zero-order valence-electron chi connectivity index (χ0n) is 29.1. The van der Waals surface area contributed by atoms with E-state index in [-0.39, 0.29) is 12.3 Å². The summed E-state index contributed by atoms with van der Waals surface area (Å²) < 4.78 is 296. The van der Waals surface area contributed by atoms with Crippen LogP contribution < -0.4 is 26.4 Å². The van der Waals surface area contributed by atoms with Crippen LogP contribution in [0.2, 0.25) is 0 Å². The lowest BCUT2D eigenvalue weighted by Gasteiger charge is -2.44. The van der Waals surface area contributed by atoms with Gasteiger partial charge in [0, 0.05) is 5.56 Å². The van der Waals surface area contributed by atoms with E-state index in [1.807, 2.05) is 18.2 Å². The van der Waals surface area contributed by atoms with Crippen molar-refractivity contribution >= 4 is 58.6 Å². The quantitative estimate of drug-likeness (QED) is 0.0249. The number of nitrogens with zero attached hydrogens (tertiary/aromatic N) is 1. The Morgan fingerprint density at radius 1 is 0.452 bits per heavy atom. The lowest BCUT2D eigenvalue weighted by molar-refractivity contribution is -0.686. The molecule has 6 rings (SSSR count). The summed E-state index contributed by atoms with van der Waals surface area (Å²) in [5, 5.41) is 0.637. The van der Waals surface area contributed by atoms with Crippen LogP contribution in [0.4, 0.5) is 87.8 Å².